The van der Waals surface area contributed by atoms with Gasteiger partial charge in [-0.25, -0.2) is 12.8 Å². The highest BCUT2D eigenvalue weighted by atomic mass is 35.5. The molecule has 1 aliphatic heterocycles. The van der Waals surface area contributed by atoms with Crippen LogP contribution in [0.3, 0.4) is 0 Å². The predicted molar refractivity (Wildman–Crippen MR) is 85.3 cm³/mol. The van der Waals surface area contributed by atoms with E-state index < -0.39 is 15.8 Å². The fourth-order valence-electron chi connectivity index (χ4n) is 2.50. The number of rotatable bonds is 3. The van der Waals surface area contributed by atoms with Gasteiger partial charge < -0.3 is 4.74 Å². The maximum absolute atomic E-state index is 13.3. The lowest BCUT2D eigenvalue weighted by Crippen LogP contribution is -2.42. The van der Waals surface area contributed by atoms with E-state index >= 15 is 0 Å². The second kappa shape index (κ2) is 6.57. The van der Waals surface area contributed by atoms with Crippen LogP contribution < -0.4 is 0 Å². The number of hydrogen-bond acceptors (Lipinski definition) is 3. The highest BCUT2D eigenvalue weighted by Crippen LogP contribution is 2.28. The molecule has 4 nitrogen and oxygen atoms in total. The molecule has 7 heteroatoms. The lowest BCUT2D eigenvalue weighted by molar-refractivity contribution is -0.00255. The van der Waals surface area contributed by atoms with Crippen LogP contribution >= 0.6 is 11.6 Å². The average Bonchev–Trinajstić information content (AvgIpc) is 2.58. The molecule has 2 aromatic carbocycles. The Balaban J connectivity index is 1.86. The normalized spacial score (nSPS) is 19.7. The minimum atomic E-state index is -3.74. The van der Waals surface area contributed by atoms with Crippen LogP contribution in [0.5, 0.6) is 0 Å². The Bertz CT molecular complexity index is 798. The Hall–Kier alpha value is -1.47. The first-order valence-corrected chi connectivity index (χ1v) is 8.92. The van der Waals surface area contributed by atoms with E-state index in [2.05, 4.69) is 0 Å². The van der Waals surface area contributed by atoms with Crippen molar-refractivity contribution in [2.75, 3.05) is 19.7 Å². The van der Waals surface area contributed by atoms with E-state index in [4.69, 9.17) is 16.3 Å². The highest BCUT2D eigenvalue weighted by molar-refractivity contribution is 7.89. The number of nitrogens with zero attached hydrogens (tertiary/aromatic N) is 1. The Morgan fingerprint density at radius 2 is 1.91 bits per heavy atom. The van der Waals surface area contributed by atoms with Crippen molar-refractivity contribution in [2.45, 2.75) is 11.0 Å². The molecule has 3 rings (SSSR count). The van der Waals surface area contributed by atoms with Gasteiger partial charge in [-0.15, -0.1) is 0 Å². The number of ether oxygens (including phenoxy) is 1. The van der Waals surface area contributed by atoms with Crippen LogP contribution in [0.1, 0.15) is 11.7 Å². The van der Waals surface area contributed by atoms with Crippen LogP contribution in [0.2, 0.25) is 5.02 Å². The maximum atomic E-state index is 13.3. The molecule has 0 aromatic heterocycles. The van der Waals surface area contributed by atoms with Gasteiger partial charge in [0.1, 0.15) is 5.82 Å². The first-order chi connectivity index (χ1) is 11.0. The zero-order valence-electron chi connectivity index (χ0n) is 12.2. The van der Waals surface area contributed by atoms with Crippen molar-refractivity contribution >= 4 is 21.6 Å². The molecule has 1 heterocycles. The molecule has 122 valence electrons. The molecule has 1 atom stereocenters. The van der Waals surface area contributed by atoms with Gasteiger partial charge in [0.25, 0.3) is 0 Å². The van der Waals surface area contributed by atoms with E-state index in [1.165, 1.54) is 10.4 Å². The first-order valence-electron chi connectivity index (χ1n) is 7.10. The molecular formula is C16H15ClFNO3S. The molecule has 0 saturated carbocycles. The number of benzene rings is 2. The number of halogens is 2. The van der Waals surface area contributed by atoms with Gasteiger partial charge in [-0.1, -0.05) is 41.9 Å². The van der Waals surface area contributed by atoms with Crippen LogP contribution in [-0.4, -0.2) is 32.4 Å². The monoisotopic (exact) mass is 355 g/mol. The summed E-state index contributed by atoms with van der Waals surface area (Å²) in [6.45, 7) is 0.760. The molecule has 1 saturated heterocycles. The van der Waals surface area contributed by atoms with E-state index in [0.717, 1.165) is 17.7 Å². The van der Waals surface area contributed by atoms with Crippen LogP contribution in [0, 0.1) is 5.82 Å². The predicted octanol–water partition coefficient (Wildman–Crippen LogP) is 3.24. The van der Waals surface area contributed by atoms with Gasteiger partial charge in [0.05, 0.1) is 22.6 Å². The minimum absolute atomic E-state index is 0.0161. The summed E-state index contributed by atoms with van der Waals surface area (Å²) in [7, 11) is -3.74. The molecular weight excluding hydrogens is 341 g/mol. The third kappa shape index (κ3) is 3.40. The molecule has 23 heavy (non-hydrogen) atoms. The molecule has 0 N–H and O–H groups in total. The van der Waals surface area contributed by atoms with Gasteiger partial charge in [0, 0.05) is 13.1 Å². The lowest BCUT2D eigenvalue weighted by Gasteiger charge is -2.32. The SMILES string of the molecule is O=S(=O)(c1ccc(F)c(Cl)c1)N1CCOC(c2ccccc2)C1. The van der Waals surface area contributed by atoms with Crippen molar-refractivity contribution in [1.82, 2.24) is 4.31 Å². The molecule has 0 amide bonds. The summed E-state index contributed by atoms with van der Waals surface area (Å²) in [6, 6.07) is 12.9. The highest BCUT2D eigenvalue weighted by Gasteiger charge is 2.31. The number of morpholine rings is 1. The smallest absolute Gasteiger partial charge is 0.243 e. The van der Waals surface area contributed by atoms with Crippen molar-refractivity contribution in [3.63, 3.8) is 0 Å². The van der Waals surface area contributed by atoms with Gasteiger partial charge >= 0.3 is 0 Å². The van der Waals surface area contributed by atoms with Crippen molar-refractivity contribution in [3.8, 4) is 0 Å². The Morgan fingerprint density at radius 1 is 1.17 bits per heavy atom. The molecule has 1 fully saturated rings. The zero-order chi connectivity index (χ0) is 16.4. The number of sulfonamides is 1. The van der Waals surface area contributed by atoms with Crippen LogP contribution in [0.25, 0.3) is 0 Å². The van der Waals surface area contributed by atoms with E-state index in [-0.39, 0.29) is 29.1 Å². The molecule has 0 spiro atoms. The fourth-order valence-corrected chi connectivity index (χ4v) is 4.20. The van der Waals surface area contributed by atoms with Gasteiger partial charge in [-0.3, -0.25) is 0 Å². The minimum Gasteiger partial charge on any atom is -0.371 e. The first kappa shape index (κ1) is 16.4. The molecule has 2 aromatic rings. The van der Waals surface area contributed by atoms with Gasteiger partial charge in [-0.2, -0.15) is 4.31 Å². The number of hydrogen-bond donors (Lipinski definition) is 0. The quantitative estimate of drug-likeness (QED) is 0.849. The third-order valence-electron chi connectivity index (χ3n) is 3.73. The van der Waals surface area contributed by atoms with Crippen LogP contribution in [-0.2, 0) is 14.8 Å². The Labute approximate surface area is 139 Å². The lowest BCUT2D eigenvalue weighted by atomic mass is 10.1. The summed E-state index contributed by atoms with van der Waals surface area (Å²) in [5.41, 5.74) is 0.921. The summed E-state index contributed by atoms with van der Waals surface area (Å²) in [5, 5.41) is -0.209. The largest absolute Gasteiger partial charge is 0.371 e. The molecule has 1 unspecified atom stereocenters. The van der Waals surface area contributed by atoms with Gasteiger partial charge in [0.2, 0.25) is 10.0 Å². The Morgan fingerprint density at radius 3 is 2.61 bits per heavy atom. The van der Waals surface area contributed by atoms with E-state index in [9.17, 15) is 12.8 Å². The van der Waals surface area contributed by atoms with Crippen molar-refractivity contribution < 1.29 is 17.5 Å². The Kier molecular flexibility index (Phi) is 4.68. The summed E-state index contributed by atoms with van der Waals surface area (Å²) in [6.07, 6.45) is -0.323. The van der Waals surface area contributed by atoms with E-state index in [1.807, 2.05) is 30.3 Å². The standard InChI is InChI=1S/C16H15ClFNO3S/c17-14-10-13(6-7-15(14)18)23(20,21)19-8-9-22-16(11-19)12-4-2-1-3-5-12/h1-7,10,16H,8-9,11H2. The summed E-state index contributed by atoms with van der Waals surface area (Å²) in [5.74, 6) is -0.644. The van der Waals surface area contributed by atoms with E-state index in [1.54, 1.807) is 0 Å². The molecule has 0 bridgehead atoms. The molecule has 1 aliphatic rings. The molecule has 0 radical (unpaired) electrons. The van der Waals surface area contributed by atoms with Crippen LogP contribution in [0.4, 0.5) is 4.39 Å². The van der Waals surface area contributed by atoms with E-state index in [0.29, 0.717) is 6.61 Å². The van der Waals surface area contributed by atoms with Crippen molar-refractivity contribution in [2.24, 2.45) is 0 Å². The van der Waals surface area contributed by atoms with Gasteiger partial charge in [-0.05, 0) is 23.8 Å². The summed E-state index contributed by atoms with van der Waals surface area (Å²) >= 11 is 5.70. The second-order valence-electron chi connectivity index (χ2n) is 5.21. The topological polar surface area (TPSA) is 46.6 Å². The van der Waals surface area contributed by atoms with Crippen molar-refractivity contribution in [1.29, 1.82) is 0 Å². The fraction of sp³-hybridized carbons (Fsp3) is 0.250. The zero-order valence-corrected chi connectivity index (χ0v) is 13.7. The summed E-state index contributed by atoms with van der Waals surface area (Å²) in [4.78, 5) is -0.0161. The van der Waals surface area contributed by atoms with Crippen LogP contribution in [0.15, 0.2) is 53.4 Å². The maximum Gasteiger partial charge on any atom is 0.243 e. The van der Waals surface area contributed by atoms with Crippen molar-refractivity contribution in [3.05, 3.63) is 64.9 Å². The average molecular weight is 356 g/mol. The second-order valence-corrected chi connectivity index (χ2v) is 7.55. The summed E-state index contributed by atoms with van der Waals surface area (Å²) < 4.78 is 45.7. The third-order valence-corrected chi connectivity index (χ3v) is 5.88. The molecule has 0 aliphatic carbocycles. The van der Waals surface area contributed by atoms with Gasteiger partial charge in [0.15, 0.2) is 0 Å².